The fraction of sp³-hybridized carbons (Fsp3) is 0.250. The fourth-order valence-electron chi connectivity index (χ4n) is 1.78. The molecule has 0 atom stereocenters. The van der Waals surface area contributed by atoms with Gasteiger partial charge in [0.2, 0.25) is 0 Å². The molecule has 0 fully saturated rings. The second-order valence-corrected chi connectivity index (χ2v) is 5.27. The molecule has 0 unspecified atom stereocenters. The first-order chi connectivity index (χ1) is 9.78. The lowest BCUT2D eigenvalue weighted by atomic mass is 10.1. The van der Waals surface area contributed by atoms with Crippen LogP contribution in [-0.4, -0.2) is 13.2 Å². The van der Waals surface area contributed by atoms with Crippen LogP contribution in [0.2, 0.25) is 0 Å². The zero-order valence-corrected chi connectivity index (χ0v) is 11.9. The maximum absolute atomic E-state index is 13.4. The van der Waals surface area contributed by atoms with Crippen molar-refractivity contribution in [3.05, 3.63) is 57.5 Å². The molecule has 2 aromatic rings. The smallest absolute Gasteiger partial charge is 0.124 e. The van der Waals surface area contributed by atoms with E-state index in [1.54, 1.807) is 11.3 Å². The first-order valence-electron chi connectivity index (χ1n) is 6.36. The summed E-state index contributed by atoms with van der Waals surface area (Å²) in [4.78, 5) is 1.29. The average molecular weight is 289 g/mol. The maximum Gasteiger partial charge on any atom is 0.124 e. The number of nitrogens with two attached hydrogens (primary N) is 1. The Hall–Kier alpha value is -1.67. The van der Waals surface area contributed by atoms with Gasteiger partial charge in [0.15, 0.2) is 0 Å². The normalized spacial score (nSPS) is 10.1. The molecule has 1 aromatic carbocycles. The van der Waals surface area contributed by atoms with Crippen molar-refractivity contribution >= 4 is 11.3 Å². The van der Waals surface area contributed by atoms with Gasteiger partial charge in [0, 0.05) is 16.9 Å². The summed E-state index contributed by atoms with van der Waals surface area (Å²) in [6, 6.07) is 8.80. The van der Waals surface area contributed by atoms with Crippen molar-refractivity contribution in [2.24, 2.45) is 5.73 Å². The Labute approximate surface area is 122 Å². The van der Waals surface area contributed by atoms with Crippen molar-refractivity contribution in [2.75, 3.05) is 13.2 Å². The average Bonchev–Trinajstić information content (AvgIpc) is 2.94. The van der Waals surface area contributed by atoms with Gasteiger partial charge in [0.1, 0.15) is 5.82 Å². The van der Waals surface area contributed by atoms with Gasteiger partial charge in [0.25, 0.3) is 0 Å². The van der Waals surface area contributed by atoms with Crippen LogP contribution in [0.3, 0.4) is 0 Å². The number of hydrogen-bond acceptors (Lipinski definition) is 3. The third-order valence-electron chi connectivity index (χ3n) is 2.63. The van der Waals surface area contributed by atoms with Crippen LogP contribution in [0.1, 0.15) is 16.0 Å². The topological polar surface area (TPSA) is 35.2 Å². The summed E-state index contributed by atoms with van der Waals surface area (Å²) in [5, 5.41) is 2.05. The molecule has 0 saturated heterocycles. The number of thiophene rings is 1. The summed E-state index contributed by atoms with van der Waals surface area (Å²) in [5.41, 5.74) is 6.73. The quantitative estimate of drug-likeness (QED) is 0.678. The molecule has 0 bridgehead atoms. The standard InChI is InChI=1S/C16H16FNOS/c17-15-10-13(3-1-6-18)9-14(11-15)12-19-7-5-16-4-2-8-20-16/h2,4,8-11H,5-7,12,18H2. The number of halogens is 1. The molecule has 104 valence electrons. The first kappa shape index (κ1) is 14.7. The van der Waals surface area contributed by atoms with Crippen LogP contribution >= 0.6 is 11.3 Å². The molecule has 2 N–H and O–H groups in total. The van der Waals surface area contributed by atoms with Crippen LogP contribution in [-0.2, 0) is 17.8 Å². The second-order valence-electron chi connectivity index (χ2n) is 4.24. The predicted octanol–water partition coefficient (Wildman–Crippen LogP) is 2.96. The Bertz CT molecular complexity index is 599. The summed E-state index contributed by atoms with van der Waals surface area (Å²) in [6.07, 6.45) is 0.882. The van der Waals surface area contributed by atoms with E-state index in [1.165, 1.54) is 17.0 Å². The van der Waals surface area contributed by atoms with Gasteiger partial charge in [0.05, 0.1) is 19.8 Å². The number of ether oxygens (including phenoxy) is 1. The summed E-state index contributed by atoms with van der Waals surface area (Å²) >= 11 is 1.71. The van der Waals surface area contributed by atoms with Crippen LogP contribution in [0.25, 0.3) is 0 Å². The molecule has 4 heteroatoms. The van der Waals surface area contributed by atoms with E-state index in [0.717, 1.165) is 12.0 Å². The highest BCUT2D eigenvalue weighted by atomic mass is 32.1. The SMILES string of the molecule is NCC#Cc1cc(F)cc(COCCc2cccs2)c1. The molecule has 0 saturated carbocycles. The Morgan fingerprint density at radius 2 is 2.20 bits per heavy atom. The molecular formula is C16H16FNOS. The minimum atomic E-state index is -0.300. The van der Waals surface area contributed by atoms with Crippen LogP contribution < -0.4 is 5.73 Å². The Morgan fingerprint density at radius 1 is 1.30 bits per heavy atom. The molecular weight excluding hydrogens is 273 g/mol. The van der Waals surface area contributed by atoms with E-state index in [9.17, 15) is 4.39 Å². The van der Waals surface area contributed by atoms with E-state index in [0.29, 0.717) is 18.8 Å². The van der Waals surface area contributed by atoms with Crippen molar-refractivity contribution in [3.8, 4) is 11.8 Å². The minimum absolute atomic E-state index is 0.267. The largest absolute Gasteiger partial charge is 0.376 e. The molecule has 0 radical (unpaired) electrons. The minimum Gasteiger partial charge on any atom is -0.376 e. The van der Waals surface area contributed by atoms with E-state index in [4.69, 9.17) is 10.5 Å². The fourth-order valence-corrected chi connectivity index (χ4v) is 2.47. The van der Waals surface area contributed by atoms with Crippen molar-refractivity contribution in [2.45, 2.75) is 13.0 Å². The van der Waals surface area contributed by atoms with E-state index < -0.39 is 0 Å². The van der Waals surface area contributed by atoms with Crippen molar-refractivity contribution in [1.82, 2.24) is 0 Å². The van der Waals surface area contributed by atoms with E-state index in [1.807, 2.05) is 17.5 Å². The number of hydrogen-bond donors (Lipinski definition) is 1. The highest BCUT2D eigenvalue weighted by Crippen LogP contribution is 2.12. The molecule has 1 heterocycles. The van der Waals surface area contributed by atoms with E-state index in [2.05, 4.69) is 17.9 Å². The van der Waals surface area contributed by atoms with E-state index >= 15 is 0 Å². The molecule has 0 amide bonds. The lowest BCUT2D eigenvalue weighted by molar-refractivity contribution is 0.124. The van der Waals surface area contributed by atoms with Crippen LogP contribution in [0, 0.1) is 17.7 Å². The van der Waals surface area contributed by atoms with Gasteiger partial charge in [-0.3, -0.25) is 0 Å². The summed E-state index contributed by atoms with van der Waals surface area (Å²) in [7, 11) is 0. The van der Waals surface area contributed by atoms with Gasteiger partial charge < -0.3 is 10.5 Å². The Balaban J connectivity index is 1.87. The maximum atomic E-state index is 13.4. The second kappa shape index (κ2) is 7.81. The Morgan fingerprint density at radius 3 is 2.95 bits per heavy atom. The molecule has 1 aromatic heterocycles. The van der Waals surface area contributed by atoms with Crippen LogP contribution in [0.15, 0.2) is 35.7 Å². The molecule has 2 rings (SSSR count). The molecule has 0 aliphatic carbocycles. The van der Waals surface area contributed by atoms with Crippen molar-refractivity contribution in [3.63, 3.8) is 0 Å². The summed E-state index contributed by atoms with van der Waals surface area (Å²) < 4.78 is 19.0. The monoisotopic (exact) mass is 289 g/mol. The van der Waals surface area contributed by atoms with E-state index in [-0.39, 0.29) is 12.4 Å². The summed E-state index contributed by atoms with van der Waals surface area (Å²) in [5.74, 6) is 5.25. The number of benzene rings is 1. The first-order valence-corrected chi connectivity index (χ1v) is 7.24. The van der Waals surface area contributed by atoms with Gasteiger partial charge in [-0.05, 0) is 35.2 Å². The van der Waals surface area contributed by atoms with Gasteiger partial charge in [-0.25, -0.2) is 4.39 Å². The zero-order chi connectivity index (χ0) is 14.2. The lowest BCUT2D eigenvalue weighted by Crippen LogP contribution is -1.99. The lowest BCUT2D eigenvalue weighted by Gasteiger charge is -2.05. The van der Waals surface area contributed by atoms with Gasteiger partial charge in [-0.15, -0.1) is 11.3 Å². The molecule has 20 heavy (non-hydrogen) atoms. The van der Waals surface area contributed by atoms with Gasteiger partial charge in [-0.1, -0.05) is 17.9 Å². The van der Waals surface area contributed by atoms with Crippen molar-refractivity contribution in [1.29, 1.82) is 0 Å². The van der Waals surface area contributed by atoms with Gasteiger partial charge >= 0.3 is 0 Å². The van der Waals surface area contributed by atoms with Crippen LogP contribution in [0.4, 0.5) is 4.39 Å². The Kier molecular flexibility index (Phi) is 5.75. The third-order valence-corrected chi connectivity index (χ3v) is 3.57. The summed E-state index contributed by atoms with van der Waals surface area (Å²) in [6.45, 7) is 1.28. The molecule has 0 aliphatic heterocycles. The third kappa shape index (κ3) is 4.78. The van der Waals surface area contributed by atoms with Gasteiger partial charge in [-0.2, -0.15) is 0 Å². The molecule has 0 aliphatic rings. The number of rotatable bonds is 5. The highest BCUT2D eigenvalue weighted by Gasteiger charge is 2.00. The predicted molar refractivity (Wildman–Crippen MR) is 80.0 cm³/mol. The zero-order valence-electron chi connectivity index (χ0n) is 11.1. The molecule has 0 spiro atoms. The molecule has 2 nitrogen and oxygen atoms in total. The van der Waals surface area contributed by atoms with Crippen molar-refractivity contribution < 1.29 is 9.13 Å². The van der Waals surface area contributed by atoms with Crippen LogP contribution in [0.5, 0.6) is 0 Å². The highest BCUT2D eigenvalue weighted by molar-refractivity contribution is 7.09.